The molecule has 1 unspecified atom stereocenters. The SMILES string of the molecule is O=C(C1CC1)C(CO)N1C(=O)C=CC1=O. The summed E-state index contributed by atoms with van der Waals surface area (Å²) in [5.41, 5.74) is 0. The third-order valence-corrected chi connectivity index (χ3v) is 2.64. The first-order valence-corrected chi connectivity index (χ1v) is 4.85. The van der Waals surface area contributed by atoms with E-state index in [1.165, 1.54) is 0 Å². The van der Waals surface area contributed by atoms with E-state index in [1.807, 2.05) is 0 Å². The molecular weight excluding hydrogens is 198 g/mol. The molecule has 1 aliphatic carbocycles. The molecule has 0 saturated heterocycles. The van der Waals surface area contributed by atoms with Gasteiger partial charge in [-0.3, -0.25) is 19.3 Å². The Morgan fingerprint density at radius 2 is 1.93 bits per heavy atom. The molecule has 1 saturated carbocycles. The first-order valence-electron chi connectivity index (χ1n) is 4.85. The van der Waals surface area contributed by atoms with E-state index in [2.05, 4.69) is 0 Å². The zero-order valence-electron chi connectivity index (χ0n) is 8.05. The van der Waals surface area contributed by atoms with Gasteiger partial charge in [0.25, 0.3) is 11.8 Å². The van der Waals surface area contributed by atoms with Gasteiger partial charge in [-0.05, 0) is 12.8 Å². The number of amides is 2. The molecule has 5 nitrogen and oxygen atoms in total. The third kappa shape index (κ3) is 1.70. The molecule has 2 aliphatic rings. The van der Waals surface area contributed by atoms with Crippen LogP contribution in [0.5, 0.6) is 0 Å². The van der Waals surface area contributed by atoms with E-state index in [0.29, 0.717) is 0 Å². The van der Waals surface area contributed by atoms with Crippen molar-refractivity contribution in [2.24, 2.45) is 5.92 Å². The Morgan fingerprint density at radius 3 is 2.33 bits per heavy atom. The number of aliphatic hydroxyl groups is 1. The average molecular weight is 209 g/mol. The molecule has 0 aromatic rings. The monoisotopic (exact) mass is 209 g/mol. The van der Waals surface area contributed by atoms with Gasteiger partial charge in [-0.25, -0.2) is 0 Å². The lowest BCUT2D eigenvalue weighted by atomic mass is 10.1. The molecule has 0 aromatic heterocycles. The lowest BCUT2D eigenvalue weighted by Gasteiger charge is -2.22. The highest BCUT2D eigenvalue weighted by Crippen LogP contribution is 2.32. The largest absolute Gasteiger partial charge is 0.394 e. The lowest BCUT2D eigenvalue weighted by Crippen LogP contribution is -2.47. The molecule has 1 atom stereocenters. The van der Waals surface area contributed by atoms with Crippen LogP contribution in [0.25, 0.3) is 0 Å². The van der Waals surface area contributed by atoms with E-state index < -0.39 is 24.5 Å². The summed E-state index contributed by atoms with van der Waals surface area (Å²) in [4.78, 5) is 35.1. The van der Waals surface area contributed by atoms with Gasteiger partial charge in [-0.15, -0.1) is 0 Å². The van der Waals surface area contributed by atoms with Crippen LogP contribution in [0, 0.1) is 5.92 Å². The normalized spacial score (nSPS) is 22.3. The molecule has 5 heteroatoms. The van der Waals surface area contributed by atoms with Crippen molar-refractivity contribution in [3.63, 3.8) is 0 Å². The van der Waals surface area contributed by atoms with Crippen LogP contribution in [0.15, 0.2) is 12.2 Å². The number of imide groups is 1. The molecule has 15 heavy (non-hydrogen) atoms. The maximum Gasteiger partial charge on any atom is 0.254 e. The second-order valence-corrected chi connectivity index (χ2v) is 3.75. The van der Waals surface area contributed by atoms with Crippen LogP contribution in [0.1, 0.15) is 12.8 Å². The number of hydrogen-bond acceptors (Lipinski definition) is 4. The number of carbonyl (C=O) groups is 3. The van der Waals surface area contributed by atoms with Crippen LogP contribution in [-0.4, -0.2) is 40.3 Å². The minimum absolute atomic E-state index is 0.0802. The average Bonchev–Trinajstić information content (AvgIpc) is 3.00. The molecule has 2 amide bonds. The second kappa shape index (κ2) is 3.58. The zero-order valence-corrected chi connectivity index (χ0v) is 8.05. The molecule has 1 fully saturated rings. The standard InChI is InChI=1S/C10H11NO4/c12-5-7(10(15)6-1-2-6)11-8(13)3-4-9(11)14/h3-4,6-7,12H,1-2,5H2. The van der Waals surface area contributed by atoms with E-state index in [1.54, 1.807) is 0 Å². The van der Waals surface area contributed by atoms with Crippen LogP contribution in [0.4, 0.5) is 0 Å². The number of Topliss-reactive ketones (excluding diaryl/α,β-unsaturated/α-hetero) is 1. The summed E-state index contributed by atoms with van der Waals surface area (Å²) < 4.78 is 0. The topological polar surface area (TPSA) is 74.7 Å². The summed E-state index contributed by atoms with van der Waals surface area (Å²) in [6.45, 7) is -0.492. The lowest BCUT2D eigenvalue weighted by molar-refractivity contribution is -0.146. The molecule has 1 N–H and O–H groups in total. The van der Waals surface area contributed by atoms with E-state index in [4.69, 9.17) is 5.11 Å². The van der Waals surface area contributed by atoms with E-state index in [9.17, 15) is 14.4 Å². The predicted octanol–water partition coefficient (Wildman–Crippen LogP) is -0.749. The highest BCUT2D eigenvalue weighted by atomic mass is 16.3. The first-order chi connectivity index (χ1) is 7.15. The van der Waals surface area contributed by atoms with Crippen LogP contribution in [0.3, 0.4) is 0 Å². The smallest absolute Gasteiger partial charge is 0.254 e. The summed E-state index contributed by atoms with van der Waals surface area (Å²) in [6, 6.07) is -0.993. The van der Waals surface area contributed by atoms with Crippen molar-refractivity contribution < 1.29 is 19.5 Å². The van der Waals surface area contributed by atoms with E-state index in [-0.39, 0.29) is 11.7 Å². The molecule has 0 radical (unpaired) electrons. The summed E-state index contributed by atoms with van der Waals surface area (Å²) in [5, 5.41) is 9.07. The first kappa shape index (κ1) is 10.0. The summed E-state index contributed by atoms with van der Waals surface area (Å²) in [7, 11) is 0. The van der Waals surface area contributed by atoms with Crippen molar-refractivity contribution in [3.8, 4) is 0 Å². The molecular formula is C10H11NO4. The van der Waals surface area contributed by atoms with Crippen LogP contribution in [0.2, 0.25) is 0 Å². The molecule has 0 spiro atoms. The van der Waals surface area contributed by atoms with Gasteiger partial charge in [0.05, 0.1) is 6.61 Å². The van der Waals surface area contributed by atoms with Crippen molar-refractivity contribution in [1.82, 2.24) is 4.90 Å². The highest BCUT2D eigenvalue weighted by Gasteiger charge is 2.41. The van der Waals surface area contributed by atoms with Crippen molar-refractivity contribution in [2.75, 3.05) is 6.61 Å². The van der Waals surface area contributed by atoms with Gasteiger partial charge in [0.15, 0.2) is 5.78 Å². The van der Waals surface area contributed by atoms with Crippen LogP contribution < -0.4 is 0 Å². The van der Waals surface area contributed by atoms with Crippen molar-refractivity contribution in [3.05, 3.63) is 12.2 Å². The molecule has 2 rings (SSSR count). The van der Waals surface area contributed by atoms with Gasteiger partial charge in [0, 0.05) is 18.1 Å². The number of hydrogen-bond donors (Lipinski definition) is 1. The highest BCUT2D eigenvalue weighted by molar-refractivity contribution is 6.15. The minimum Gasteiger partial charge on any atom is -0.394 e. The van der Waals surface area contributed by atoms with Gasteiger partial charge in [0.1, 0.15) is 6.04 Å². The van der Waals surface area contributed by atoms with E-state index >= 15 is 0 Å². The van der Waals surface area contributed by atoms with Gasteiger partial charge in [0.2, 0.25) is 0 Å². The number of ketones is 1. The molecule has 0 aromatic carbocycles. The molecule has 1 heterocycles. The van der Waals surface area contributed by atoms with Crippen LogP contribution >= 0.6 is 0 Å². The Bertz CT molecular complexity index is 338. The quantitative estimate of drug-likeness (QED) is 0.618. The Kier molecular flexibility index (Phi) is 2.40. The Morgan fingerprint density at radius 1 is 1.40 bits per heavy atom. The predicted molar refractivity (Wildman–Crippen MR) is 49.6 cm³/mol. The fourth-order valence-corrected chi connectivity index (χ4v) is 1.66. The van der Waals surface area contributed by atoms with Gasteiger partial charge in [-0.1, -0.05) is 0 Å². The van der Waals surface area contributed by atoms with Crippen molar-refractivity contribution >= 4 is 17.6 Å². The second-order valence-electron chi connectivity index (χ2n) is 3.75. The maximum atomic E-state index is 11.7. The number of carbonyl (C=O) groups excluding carboxylic acids is 3. The Labute approximate surface area is 86.4 Å². The number of nitrogens with zero attached hydrogens (tertiary/aromatic N) is 1. The van der Waals surface area contributed by atoms with Gasteiger partial charge >= 0.3 is 0 Å². The summed E-state index contributed by atoms with van der Waals surface area (Å²) in [6.07, 6.45) is 3.81. The van der Waals surface area contributed by atoms with Crippen molar-refractivity contribution in [2.45, 2.75) is 18.9 Å². The van der Waals surface area contributed by atoms with Crippen LogP contribution in [-0.2, 0) is 14.4 Å². The molecule has 1 aliphatic heterocycles. The van der Waals surface area contributed by atoms with Gasteiger partial charge < -0.3 is 5.11 Å². The Balaban J connectivity index is 2.15. The van der Waals surface area contributed by atoms with Gasteiger partial charge in [-0.2, -0.15) is 0 Å². The fraction of sp³-hybridized carbons (Fsp3) is 0.500. The Hall–Kier alpha value is -1.49. The van der Waals surface area contributed by atoms with E-state index in [0.717, 1.165) is 29.9 Å². The fourth-order valence-electron chi connectivity index (χ4n) is 1.66. The maximum absolute atomic E-state index is 11.7. The van der Waals surface area contributed by atoms with Crippen molar-refractivity contribution in [1.29, 1.82) is 0 Å². The number of rotatable bonds is 4. The zero-order chi connectivity index (χ0) is 11.0. The number of aliphatic hydroxyl groups excluding tert-OH is 1. The molecule has 0 bridgehead atoms. The summed E-state index contributed by atoms with van der Waals surface area (Å²) in [5.74, 6) is -1.33. The minimum atomic E-state index is -0.993. The molecule has 80 valence electrons. The summed E-state index contributed by atoms with van der Waals surface area (Å²) >= 11 is 0. The third-order valence-electron chi connectivity index (χ3n) is 2.64.